The van der Waals surface area contributed by atoms with Crippen LogP contribution in [-0.4, -0.2) is 72.7 Å². The zero-order valence-corrected chi connectivity index (χ0v) is 39.9. The van der Waals surface area contributed by atoms with E-state index in [1.165, 1.54) is 83.7 Å². The zero-order chi connectivity index (χ0) is 36.3. The predicted molar refractivity (Wildman–Crippen MR) is 239 cm³/mol. The van der Waals surface area contributed by atoms with E-state index < -0.39 is 6.29 Å². The Bertz CT molecular complexity index is 2300. The Labute approximate surface area is 397 Å². The molecule has 8 aliphatic rings. The fourth-order valence-electron chi connectivity index (χ4n) is 7.27. The predicted octanol–water partition coefficient (Wildman–Crippen LogP) is 5.22. The molecule has 10 rings (SSSR count). The Kier molecular flexibility index (Phi) is 17.1. The van der Waals surface area contributed by atoms with Crippen LogP contribution >= 0.6 is 46.7 Å². The number of hydrogen-bond acceptors (Lipinski definition) is 10. The second-order valence-electron chi connectivity index (χ2n) is 14.6. The number of aryl methyl sites for hydroxylation is 2. The van der Waals surface area contributed by atoms with Gasteiger partial charge in [0.05, 0.1) is 48.0 Å². The van der Waals surface area contributed by atoms with Crippen molar-refractivity contribution in [1.82, 2.24) is 14.5 Å². The monoisotopic (exact) mass is 932 g/mol. The minimum atomic E-state index is -0.454. The van der Waals surface area contributed by atoms with Crippen LogP contribution in [-0.2, 0) is 17.6 Å². The fourth-order valence-corrected chi connectivity index (χ4v) is 9.30. The van der Waals surface area contributed by atoms with Gasteiger partial charge >= 0.3 is 51.4 Å². The summed E-state index contributed by atoms with van der Waals surface area (Å²) in [5, 5.41) is 9.95. The molecule has 1 atom stereocenters. The number of rotatable bonds is 6. The molecule has 0 amide bonds. The van der Waals surface area contributed by atoms with Gasteiger partial charge in [-0.15, -0.1) is 46.7 Å². The summed E-state index contributed by atoms with van der Waals surface area (Å²) in [6, 6.07) is 21.7. The van der Waals surface area contributed by atoms with Crippen molar-refractivity contribution in [2.45, 2.75) is 77.9 Å². The fraction of sp³-hybridized carbons (Fsp3) is 0.442. The van der Waals surface area contributed by atoms with E-state index in [0.29, 0.717) is 0 Å². The molecule has 2 N–H and O–H groups in total. The van der Waals surface area contributed by atoms with E-state index in [4.69, 9.17) is 19.8 Å². The van der Waals surface area contributed by atoms with E-state index in [0.717, 1.165) is 89.4 Å². The first-order valence-corrected chi connectivity index (χ1v) is 21.2. The largest absolute Gasteiger partial charge is 1.00 e. The number of nitrogens with zero attached hydrogens (tertiary/aromatic N) is 5. The number of aliphatic hydroxyl groups is 1. The Morgan fingerprint density at radius 1 is 0.750 bits per heavy atom. The van der Waals surface area contributed by atoms with Gasteiger partial charge in [0.15, 0.2) is 11.7 Å². The van der Waals surface area contributed by atoms with Crippen LogP contribution in [0.4, 0.5) is 11.4 Å². The average Bonchev–Trinajstić information content (AvgIpc) is 3.57. The maximum atomic E-state index is 12.2. The minimum Gasteiger partial charge on any atom is -0.870 e. The van der Waals surface area contributed by atoms with E-state index in [1.807, 2.05) is 17.4 Å². The summed E-state index contributed by atoms with van der Waals surface area (Å²) in [5.41, 5.74) is 9.34. The maximum absolute atomic E-state index is 12.2. The van der Waals surface area contributed by atoms with E-state index in [2.05, 4.69) is 76.8 Å². The Morgan fingerprint density at radius 3 is 1.71 bits per heavy atom. The van der Waals surface area contributed by atoms with Gasteiger partial charge in [-0.1, -0.05) is 26.7 Å². The van der Waals surface area contributed by atoms with Gasteiger partial charge in [0.1, 0.15) is 13.1 Å². The molecule has 9 nitrogen and oxygen atoms in total. The van der Waals surface area contributed by atoms with Crippen LogP contribution in [0.25, 0.3) is 41.6 Å². The van der Waals surface area contributed by atoms with Gasteiger partial charge in [0.2, 0.25) is 5.36 Å². The second-order valence-corrected chi connectivity index (χ2v) is 16.8. The molecule has 0 spiro atoms. The number of aliphatic hydroxyl groups excluding tert-OH is 1. The molecule has 292 valence electrons. The number of aromatic nitrogens is 2. The average molecular weight is 933 g/mol. The van der Waals surface area contributed by atoms with Crippen molar-refractivity contribution in [3.8, 4) is 21.1 Å². The molecule has 0 bridgehead atoms. The van der Waals surface area contributed by atoms with Crippen LogP contribution in [0.3, 0.4) is 0 Å². The van der Waals surface area contributed by atoms with E-state index >= 15 is 0 Å². The Hall–Kier alpha value is -1.63. The number of ether oxygens (including phenoxy) is 1. The van der Waals surface area contributed by atoms with Crippen molar-refractivity contribution >= 4 is 78.5 Å². The van der Waals surface area contributed by atoms with Crippen molar-refractivity contribution in [3.63, 3.8) is 0 Å². The van der Waals surface area contributed by atoms with Crippen LogP contribution in [0, 0.1) is 0 Å². The van der Waals surface area contributed by atoms with Crippen molar-refractivity contribution in [2.75, 3.05) is 55.7 Å². The van der Waals surface area contributed by atoms with Crippen LogP contribution < -0.4 is 76.5 Å². The van der Waals surface area contributed by atoms with Crippen LogP contribution in [0.2, 0.25) is 0 Å². The third kappa shape index (κ3) is 10.4. The van der Waals surface area contributed by atoms with Crippen LogP contribution in [0.15, 0.2) is 65.5 Å². The van der Waals surface area contributed by atoms with Crippen molar-refractivity contribution in [1.29, 1.82) is 0 Å². The van der Waals surface area contributed by atoms with Crippen molar-refractivity contribution < 1.29 is 66.7 Å². The van der Waals surface area contributed by atoms with Gasteiger partial charge in [0.25, 0.3) is 0 Å². The topological polar surface area (TPSA) is 112 Å². The summed E-state index contributed by atoms with van der Waals surface area (Å²) in [5.74, 6) is 0. The molecule has 6 heterocycles. The molecule has 6 aliphatic heterocycles. The molecule has 2 aliphatic carbocycles. The molecule has 4 saturated heterocycles. The number of halogens is 1. The molecule has 56 heavy (non-hydrogen) atoms. The second kappa shape index (κ2) is 21.1. The quantitative estimate of drug-likeness (QED) is 0.105. The number of benzene rings is 4. The molecule has 2 aromatic carbocycles. The van der Waals surface area contributed by atoms with Gasteiger partial charge in [-0.3, -0.25) is 4.79 Å². The molecular weight excluding hydrogens is 881 g/mol. The SMILES string of the molecule is CCCc1cc2nc3ccc(N4CCC4)cc3sc-2cc1=O.CCCc1cc2nc3ccc(N4CCC4)cc3sc-2cc1=[N+]1CCC1.I.OC1CCCO1.[K+].[OH-]. The smallest absolute Gasteiger partial charge is 0.870 e. The standard InChI is InChI=1S/C21H24N3S.C18H18N2OS.C4H8O2.HI.K.H2O/c1-2-5-15-12-18-21(14-19(15)24-10-4-11-24)25-20-13-16(23-8-3-9-23)6-7-17(20)22-18;1-2-4-12-9-15-18(11-16(12)21)22-17-10-13(20-7-3-8-20)5-6-14(17)19-15;5-4-2-1-3-6-4;;;/h6-7,12-14H,2-5,8-11H2,1H3;5-6,9-11H,2-4,7-8H2,1H3;4-5H,1-3H2;1H;;1H2/q+1;;;;+1;/p-1. The molecule has 0 saturated carbocycles. The number of hydrogen-bond donors (Lipinski definition) is 1. The molecule has 13 heteroatoms. The summed E-state index contributed by atoms with van der Waals surface area (Å²) < 4.78 is 9.69. The minimum absolute atomic E-state index is 0. The summed E-state index contributed by atoms with van der Waals surface area (Å²) in [7, 11) is 0. The molecule has 0 radical (unpaired) electrons. The Morgan fingerprint density at radius 2 is 1.29 bits per heavy atom. The third-order valence-electron chi connectivity index (χ3n) is 10.7. The molecule has 1 unspecified atom stereocenters. The summed E-state index contributed by atoms with van der Waals surface area (Å²) in [6.07, 6.45) is 9.43. The summed E-state index contributed by atoms with van der Waals surface area (Å²) >= 11 is 3.56. The molecule has 2 aromatic rings. The first-order valence-electron chi connectivity index (χ1n) is 19.6. The van der Waals surface area contributed by atoms with Gasteiger partial charge in [-0.25, -0.2) is 14.5 Å². The molecular formula is C43H52IKN5O4S2+. The van der Waals surface area contributed by atoms with Crippen LogP contribution in [0.5, 0.6) is 0 Å². The van der Waals surface area contributed by atoms with E-state index in [-0.39, 0.29) is 86.3 Å². The van der Waals surface area contributed by atoms with Crippen molar-refractivity contribution in [2.24, 2.45) is 0 Å². The maximum Gasteiger partial charge on any atom is 1.00 e. The zero-order valence-electron chi connectivity index (χ0n) is 32.8. The first kappa shape index (κ1) is 45.5. The molecule has 0 aromatic heterocycles. The normalized spacial score (nSPS) is 17.0. The Balaban J connectivity index is 0.000000179. The van der Waals surface area contributed by atoms with E-state index in [9.17, 15) is 4.79 Å². The van der Waals surface area contributed by atoms with Gasteiger partial charge in [-0.2, -0.15) is 0 Å². The summed E-state index contributed by atoms with van der Waals surface area (Å²) in [4.78, 5) is 29.0. The number of fused-ring (bicyclic) bond motifs is 4. The third-order valence-corrected chi connectivity index (χ3v) is 12.9. The summed E-state index contributed by atoms with van der Waals surface area (Å²) in [6.45, 7) is 12.2. The van der Waals surface area contributed by atoms with Crippen molar-refractivity contribution in [3.05, 3.63) is 87.4 Å². The van der Waals surface area contributed by atoms with E-state index in [1.54, 1.807) is 17.4 Å². The van der Waals surface area contributed by atoms with Gasteiger partial charge in [0, 0.05) is 73.8 Å². The van der Waals surface area contributed by atoms with Gasteiger partial charge in [-0.05, 0) is 80.6 Å². The van der Waals surface area contributed by atoms with Crippen LogP contribution in [0.1, 0.15) is 69.9 Å². The van der Waals surface area contributed by atoms with Gasteiger partial charge < -0.3 is 25.1 Å². The first-order chi connectivity index (χ1) is 25.9. The molecule has 4 fully saturated rings. The number of anilines is 2.